The van der Waals surface area contributed by atoms with Gasteiger partial charge in [0.2, 0.25) is 5.91 Å². The van der Waals surface area contributed by atoms with Crippen molar-refractivity contribution in [1.29, 1.82) is 0 Å². The van der Waals surface area contributed by atoms with E-state index in [2.05, 4.69) is 10.4 Å². The Hall–Kier alpha value is -2.63. The van der Waals surface area contributed by atoms with Gasteiger partial charge in [-0.15, -0.1) is 0 Å². The van der Waals surface area contributed by atoms with E-state index in [9.17, 15) is 9.59 Å². The second-order valence-corrected chi connectivity index (χ2v) is 4.57. The molecule has 0 bridgehead atoms. The van der Waals surface area contributed by atoms with Gasteiger partial charge in [0, 0.05) is 11.9 Å². The molecule has 0 saturated heterocycles. The van der Waals surface area contributed by atoms with Gasteiger partial charge in [-0.25, -0.2) is 4.79 Å². The van der Waals surface area contributed by atoms with Crippen molar-refractivity contribution < 1.29 is 14.7 Å². The van der Waals surface area contributed by atoms with Crippen LogP contribution in [0, 0.1) is 13.8 Å². The Morgan fingerprint density at radius 2 is 2.05 bits per heavy atom. The Bertz CT molecular complexity index is 661. The molecule has 2 N–H and O–H groups in total. The minimum atomic E-state index is -1.11. The molecule has 20 heavy (non-hydrogen) atoms. The minimum absolute atomic E-state index is 0.0272. The van der Waals surface area contributed by atoms with Gasteiger partial charge in [0.15, 0.2) is 5.69 Å². The number of nitrogens with zero attached hydrogens (tertiary/aromatic N) is 2. The summed E-state index contributed by atoms with van der Waals surface area (Å²) in [4.78, 5) is 22.6. The zero-order valence-electron chi connectivity index (χ0n) is 11.3. The fourth-order valence-electron chi connectivity index (χ4n) is 1.85. The van der Waals surface area contributed by atoms with Gasteiger partial charge >= 0.3 is 5.97 Å². The summed E-state index contributed by atoms with van der Waals surface area (Å²) in [6.07, 6.45) is 1.46. The second-order valence-electron chi connectivity index (χ2n) is 4.57. The Morgan fingerprint density at radius 3 is 2.65 bits per heavy atom. The number of amides is 1. The van der Waals surface area contributed by atoms with Gasteiger partial charge in [-0.2, -0.15) is 5.10 Å². The number of aromatic nitrogens is 2. The zero-order valence-corrected chi connectivity index (χ0v) is 11.3. The molecule has 6 nitrogen and oxygen atoms in total. The molecule has 104 valence electrons. The van der Waals surface area contributed by atoms with Crippen LogP contribution >= 0.6 is 0 Å². The van der Waals surface area contributed by atoms with Crippen LogP contribution in [-0.2, 0) is 11.3 Å². The van der Waals surface area contributed by atoms with Crippen molar-refractivity contribution in [1.82, 2.24) is 9.78 Å². The molecule has 1 amide bonds. The molecule has 2 rings (SSSR count). The van der Waals surface area contributed by atoms with Crippen molar-refractivity contribution in [3.8, 4) is 0 Å². The highest BCUT2D eigenvalue weighted by molar-refractivity contribution is 5.91. The molecule has 1 aromatic heterocycles. The van der Waals surface area contributed by atoms with E-state index in [0.717, 1.165) is 16.8 Å². The van der Waals surface area contributed by atoms with E-state index >= 15 is 0 Å². The van der Waals surface area contributed by atoms with Crippen LogP contribution in [0.4, 0.5) is 5.69 Å². The molecular formula is C14H15N3O3. The van der Waals surface area contributed by atoms with E-state index < -0.39 is 5.97 Å². The summed E-state index contributed by atoms with van der Waals surface area (Å²) in [5.41, 5.74) is 2.76. The normalized spacial score (nSPS) is 10.3. The lowest BCUT2D eigenvalue weighted by molar-refractivity contribution is -0.116. The maximum Gasteiger partial charge on any atom is 0.356 e. The van der Waals surface area contributed by atoms with Crippen molar-refractivity contribution in [3.63, 3.8) is 0 Å². The van der Waals surface area contributed by atoms with Crippen molar-refractivity contribution in [2.75, 3.05) is 5.32 Å². The van der Waals surface area contributed by atoms with Crippen molar-refractivity contribution in [3.05, 3.63) is 47.3 Å². The fourth-order valence-corrected chi connectivity index (χ4v) is 1.85. The lowest BCUT2D eigenvalue weighted by Gasteiger charge is -2.09. The van der Waals surface area contributed by atoms with Crippen LogP contribution in [0.3, 0.4) is 0 Å². The summed E-state index contributed by atoms with van der Waals surface area (Å²) >= 11 is 0. The minimum Gasteiger partial charge on any atom is -0.476 e. The predicted octanol–water partition coefficient (Wildman–Crippen LogP) is 1.84. The van der Waals surface area contributed by atoms with Gasteiger partial charge < -0.3 is 10.4 Å². The second kappa shape index (κ2) is 5.56. The smallest absolute Gasteiger partial charge is 0.356 e. The van der Waals surface area contributed by atoms with Crippen LogP contribution in [0.25, 0.3) is 0 Å². The Labute approximate surface area is 116 Å². The predicted molar refractivity (Wildman–Crippen MR) is 73.7 cm³/mol. The number of carboxylic acids is 1. The standard InChI is InChI=1S/C14H15N3O3/c1-9-3-4-11(10(2)7-9)15-13(18)8-17-6-5-12(16-17)14(19)20/h3-7H,8H2,1-2H3,(H,15,18)(H,19,20). The van der Waals surface area contributed by atoms with E-state index in [1.807, 2.05) is 32.0 Å². The summed E-state index contributed by atoms with van der Waals surface area (Å²) < 4.78 is 1.29. The average Bonchev–Trinajstić information content (AvgIpc) is 2.81. The molecule has 0 saturated carbocycles. The van der Waals surface area contributed by atoms with Crippen molar-refractivity contribution in [2.24, 2.45) is 0 Å². The molecule has 0 unspecified atom stereocenters. The number of hydrogen-bond donors (Lipinski definition) is 2. The lowest BCUT2D eigenvalue weighted by Crippen LogP contribution is -2.20. The maximum atomic E-state index is 11.9. The maximum absolute atomic E-state index is 11.9. The Morgan fingerprint density at radius 1 is 1.30 bits per heavy atom. The van der Waals surface area contributed by atoms with Crippen LogP contribution in [-0.4, -0.2) is 26.8 Å². The lowest BCUT2D eigenvalue weighted by atomic mass is 10.1. The molecule has 0 aliphatic heterocycles. The third kappa shape index (κ3) is 3.23. The highest BCUT2D eigenvalue weighted by Crippen LogP contribution is 2.15. The first-order valence-corrected chi connectivity index (χ1v) is 6.09. The van der Waals surface area contributed by atoms with Gasteiger partial charge in [-0.05, 0) is 31.5 Å². The molecule has 1 aromatic carbocycles. The summed E-state index contributed by atoms with van der Waals surface area (Å²) in [6, 6.07) is 7.09. The van der Waals surface area contributed by atoms with Crippen molar-refractivity contribution in [2.45, 2.75) is 20.4 Å². The van der Waals surface area contributed by atoms with Crippen LogP contribution in [0.2, 0.25) is 0 Å². The quantitative estimate of drug-likeness (QED) is 0.890. The van der Waals surface area contributed by atoms with E-state index in [1.54, 1.807) is 0 Å². The average molecular weight is 273 g/mol. The number of aromatic carboxylic acids is 1. The molecule has 0 aliphatic rings. The van der Waals surface area contributed by atoms with E-state index in [1.165, 1.54) is 16.9 Å². The van der Waals surface area contributed by atoms with Gasteiger partial charge in [0.1, 0.15) is 6.54 Å². The third-order valence-electron chi connectivity index (χ3n) is 2.82. The fraction of sp³-hybridized carbons (Fsp3) is 0.214. The highest BCUT2D eigenvalue weighted by atomic mass is 16.4. The number of carboxylic acid groups (broad SMARTS) is 1. The first kappa shape index (κ1) is 13.8. The molecule has 2 aromatic rings. The van der Waals surface area contributed by atoms with Crippen LogP contribution in [0.1, 0.15) is 21.6 Å². The number of benzene rings is 1. The number of hydrogen-bond acceptors (Lipinski definition) is 3. The van der Waals surface area contributed by atoms with Crippen LogP contribution in [0.5, 0.6) is 0 Å². The Kier molecular flexibility index (Phi) is 3.84. The van der Waals surface area contributed by atoms with Gasteiger partial charge in [0.05, 0.1) is 0 Å². The van der Waals surface area contributed by atoms with Crippen LogP contribution < -0.4 is 5.32 Å². The Balaban J connectivity index is 2.03. The first-order valence-electron chi connectivity index (χ1n) is 6.09. The summed E-state index contributed by atoms with van der Waals surface area (Å²) in [5.74, 6) is -1.37. The van der Waals surface area contributed by atoms with Gasteiger partial charge in [-0.1, -0.05) is 17.7 Å². The highest BCUT2D eigenvalue weighted by Gasteiger charge is 2.10. The van der Waals surface area contributed by atoms with Gasteiger partial charge in [0.25, 0.3) is 0 Å². The topological polar surface area (TPSA) is 84.2 Å². The third-order valence-corrected chi connectivity index (χ3v) is 2.82. The number of rotatable bonds is 4. The molecule has 0 aliphatic carbocycles. The van der Waals surface area contributed by atoms with E-state index in [4.69, 9.17) is 5.11 Å². The first-order chi connectivity index (χ1) is 9.45. The number of carbonyl (C=O) groups excluding carboxylic acids is 1. The van der Waals surface area contributed by atoms with E-state index in [0.29, 0.717) is 0 Å². The molecule has 0 spiro atoms. The van der Waals surface area contributed by atoms with Crippen molar-refractivity contribution >= 4 is 17.6 Å². The monoisotopic (exact) mass is 273 g/mol. The van der Waals surface area contributed by atoms with E-state index in [-0.39, 0.29) is 18.1 Å². The zero-order chi connectivity index (χ0) is 14.7. The summed E-state index contributed by atoms with van der Waals surface area (Å²) in [6.45, 7) is 3.87. The molecule has 0 atom stereocenters. The molecule has 1 heterocycles. The number of nitrogens with one attached hydrogen (secondary N) is 1. The summed E-state index contributed by atoms with van der Waals surface area (Å²) in [7, 11) is 0. The number of anilines is 1. The molecular weight excluding hydrogens is 258 g/mol. The SMILES string of the molecule is Cc1ccc(NC(=O)Cn2ccc(C(=O)O)n2)c(C)c1. The molecule has 0 fully saturated rings. The number of aryl methyl sites for hydroxylation is 2. The number of carbonyl (C=O) groups is 2. The summed E-state index contributed by atoms with van der Waals surface area (Å²) in [5, 5.41) is 15.3. The molecule has 6 heteroatoms. The van der Waals surface area contributed by atoms with Crippen LogP contribution in [0.15, 0.2) is 30.5 Å². The van der Waals surface area contributed by atoms with Gasteiger partial charge in [-0.3, -0.25) is 9.48 Å². The molecule has 0 radical (unpaired) electrons. The largest absolute Gasteiger partial charge is 0.476 e.